The van der Waals surface area contributed by atoms with E-state index >= 15 is 0 Å². The van der Waals surface area contributed by atoms with Gasteiger partial charge in [0.2, 0.25) is 0 Å². The van der Waals surface area contributed by atoms with E-state index in [0.717, 1.165) is 4.90 Å². The average molecular weight is 365 g/mol. The lowest BCUT2D eigenvalue weighted by Gasteiger charge is -2.25. The number of ether oxygens (including phenoxy) is 1. The Kier molecular flexibility index (Phi) is 5.83. The van der Waals surface area contributed by atoms with E-state index in [4.69, 9.17) is 21.4 Å². The van der Waals surface area contributed by atoms with Crippen LogP contribution in [0.3, 0.4) is 0 Å². The Morgan fingerprint density at radius 2 is 2.00 bits per heavy atom. The molecular formula is C13H15BrClNO4. The molecule has 20 heavy (non-hydrogen) atoms. The number of nitrogens with zero attached hydrogens (tertiary/aromatic N) is 1. The Balaban J connectivity index is 2.77. The van der Waals surface area contributed by atoms with E-state index in [-0.39, 0.29) is 0 Å². The number of amides is 1. The first-order valence-corrected chi connectivity index (χ1v) is 7.02. The van der Waals surface area contributed by atoms with Crippen LogP contribution in [0.25, 0.3) is 0 Å². The van der Waals surface area contributed by atoms with Crippen molar-refractivity contribution in [2.75, 3.05) is 7.05 Å². The van der Waals surface area contributed by atoms with Crippen LogP contribution in [-0.4, -0.2) is 41.1 Å². The lowest BCUT2D eigenvalue weighted by atomic mass is 10.2. The maximum atomic E-state index is 12.1. The van der Waals surface area contributed by atoms with Crippen molar-refractivity contribution in [2.45, 2.75) is 26.0 Å². The highest BCUT2D eigenvalue weighted by molar-refractivity contribution is 9.10. The lowest BCUT2D eigenvalue weighted by Crippen LogP contribution is -2.46. The molecule has 1 N–H and O–H groups in total. The summed E-state index contributed by atoms with van der Waals surface area (Å²) in [6, 6.07) is 4.01. The van der Waals surface area contributed by atoms with Crippen molar-refractivity contribution in [3.63, 3.8) is 0 Å². The first-order valence-electron chi connectivity index (χ1n) is 5.85. The molecule has 0 aromatic heterocycles. The van der Waals surface area contributed by atoms with Crippen molar-refractivity contribution >= 4 is 39.4 Å². The molecule has 1 rings (SSSR count). The number of halogens is 2. The molecule has 110 valence electrons. The molecule has 0 bridgehead atoms. The Hall–Kier alpha value is -1.27. The molecule has 0 aliphatic heterocycles. The number of rotatable bonds is 5. The normalized spacial score (nSPS) is 13.4. The van der Waals surface area contributed by atoms with Gasteiger partial charge in [-0.15, -0.1) is 0 Å². The van der Waals surface area contributed by atoms with Crippen molar-refractivity contribution in [3.8, 4) is 5.75 Å². The van der Waals surface area contributed by atoms with Crippen LogP contribution in [0, 0.1) is 0 Å². The van der Waals surface area contributed by atoms with Gasteiger partial charge in [0.15, 0.2) is 6.10 Å². The van der Waals surface area contributed by atoms with Crippen molar-refractivity contribution in [3.05, 3.63) is 27.7 Å². The highest BCUT2D eigenvalue weighted by Crippen LogP contribution is 2.28. The zero-order chi connectivity index (χ0) is 15.4. The minimum absolute atomic E-state index is 0.415. The topological polar surface area (TPSA) is 66.8 Å². The highest BCUT2D eigenvalue weighted by atomic mass is 79.9. The van der Waals surface area contributed by atoms with Crippen molar-refractivity contribution < 1.29 is 19.4 Å². The Labute approximate surface area is 130 Å². The highest BCUT2D eigenvalue weighted by Gasteiger charge is 2.27. The number of hydrogen-bond donors (Lipinski definition) is 1. The van der Waals surface area contributed by atoms with Gasteiger partial charge in [-0.25, -0.2) is 4.79 Å². The van der Waals surface area contributed by atoms with E-state index < -0.39 is 24.0 Å². The fraction of sp³-hybridized carbons (Fsp3) is 0.385. The molecule has 0 heterocycles. The maximum Gasteiger partial charge on any atom is 0.326 e. The van der Waals surface area contributed by atoms with Crippen LogP contribution >= 0.6 is 27.5 Å². The molecule has 2 atom stereocenters. The smallest absolute Gasteiger partial charge is 0.326 e. The third kappa shape index (κ3) is 4.11. The summed E-state index contributed by atoms with van der Waals surface area (Å²) in [6.45, 7) is 3.00. The predicted molar refractivity (Wildman–Crippen MR) is 79.1 cm³/mol. The van der Waals surface area contributed by atoms with Crippen LogP contribution in [-0.2, 0) is 9.59 Å². The Morgan fingerprint density at radius 1 is 1.40 bits per heavy atom. The largest absolute Gasteiger partial charge is 0.480 e. The van der Waals surface area contributed by atoms with Crippen LogP contribution in [0.4, 0.5) is 0 Å². The number of carboxylic acids is 1. The van der Waals surface area contributed by atoms with Gasteiger partial charge in [0.1, 0.15) is 11.8 Å². The molecular weight excluding hydrogens is 350 g/mol. The second-order valence-electron chi connectivity index (χ2n) is 4.30. The molecule has 5 nitrogen and oxygen atoms in total. The molecule has 0 radical (unpaired) electrons. The summed E-state index contributed by atoms with van der Waals surface area (Å²) in [5, 5.41) is 9.43. The summed E-state index contributed by atoms with van der Waals surface area (Å²) in [7, 11) is 1.43. The van der Waals surface area contributed by atoms with Gasteiger partial charge in [-0.1, -0.05) is 11.6 Å². The van der Waals surface area contributed by atoms with Gasteiger partial charge in [0, 0.05) is 12.1 Å². The third-order valence-electron chi connectivity index (χ3n) is 2.83. The van der Waals surface area contributed by atoms with Gasteiger partial charge in [0.25, 0.3) is 5.91 Å². The first-order chi connectivity index (χ1) is 9.23. The number of benzene rings is 1. The maximum absolute atomic E-state index is 12.1. The number of likely N-dealkylation sites (N-methyl/N-ethyl adjacent to an activating group) is 1. The van der Waals surface area contributed by atoms with E-state index in [1.54, 1.807) is 25.1 Å². The first kappa shape index (κ1) is 16.8. The van der Waals surface area contributed by atoms with Gasteiger partial charge in [-0.05, 0) is 48.0 Å². The van der Waals surface area contributed by atoms with Gasteiger partial charge < -0.3 is 14.7 Å². The van der Waals surface area contributed by atoms with Gasteiger partial charge >= 0.3 is 5.97 Å². The lowest BCUT2D eigenvalue weighted by molar-refractivity contribution is -0.150. The number of carbonyl (C=O) groups excluding carboxylic acids is 1. The van der Waals surface area contributed by atoms with E-state index in [9.17, 15) is 9.59 Å². The summed E-state index contributed by atoms with van der Waals surface area (Å²) in [6.07, 6.45) is -0.806. The van der Waals surface area contributed by atoms with Gasteiger partial charge in [-0.2, -0.15) is 0 Å². The summed E-state index contributed by atoms with van der Waals surface area (Å²) in [5.74, 6) is -1.02. The number of hydrogen-bond acceptors (Lipinski definition) is 3. The molecule has 1 aromatic rings. The third-order valence-corrected chi connectivity index (χ3v) is 3.69. The molecule has 7 heteroatoms. The van der Waals surface area contributed by atoms with E-state index in [0.29, 0.717) is 15.2 Å². The van der Waals surface area contributed by atoms with E-state index in [1.807, 2.05) is 0 Å². The molecule has 0 fully saturated rings. The SMILES string of the molecule is CC(Oc1ccc(Cl)cc1Br)C(=O)N(C)C(C)C(=O)O. The number of aliphatic carboxylic acids is 1. The molecule has 0 spiro atoms. The fourth-order valence-corrected chi connectivity index (χ4v) is 2.23. The second kappa shape index (κ2) is 6.95. The van der Waals surface area contributed by atoms with Crippen LogP contribution in [0.2, 0.25) is 5.02 Å². The standard InChI is InChI=1S/C13H15BrClNO4/c1-7(13(18)19)16(3)12(17)8(2)20-11-5-4-9(15)6-10(11)14/h4-8H,1-3H3,(H,18,19). The summed E-state index contributed by atoms with van der Waals surface area (Å²) in [5.41, 5.74) is 0. The molecule has 2 unspecified atom stereocenters. The van der Waals surface area contributed by atoms with Crippen molar-refractivity contribution in [1.29, 1.82) is 0 Å². The Morgan fingerprint density at radius 3 is 2.50 bits per heavy atom. The second-order valence-corrected chi connectivity index (χ2v) is 5.59. The minimum Gasteiger partial charge on any atom is -0.480 e. The Bertz CT molecular complexity index is 523. The molecule has 0 aliphatic carbocycles. The number of carbonyl (C=O) groups is 2. The van der Waals surface area contributed by atoms with Crippen molar-refractivity contribution in [1.82, 2.24) is 4.90 Å². The summed E-state index contributed by atoms with van der Waals surface area (Å²) >= 11 is 9.10. The number of carboxylic acid groups (broad SMARTS) is 1. The molecule has 1 aromatic carbocycles. The molecule has 0 saturated carbocycles. The van der Waals surface area contributed by atoms with Gasteiger partial charge in [-0.3, -0.25) is 4.79 Å². The quantitative estimate of drug-likeness (QED) is 0.872. The van der Waals surface area contributed by atoms with Crippen LogP contribution in [0.1, 0.15) is 13.8 Å². The van der Waals surface area contributed by atoms with Crippen LogP contribution in [0.15, 0.2) is 22.7 Å². The summed E-state index contributed by atoms with van der Waals surface area (Å²) < 4.78 is 6.15. The summed E-state index contributed by atoms with van der Waals surface area (Å²) in [4.78, 5) is 24.1. The molecule has 0 aliphatic rings. The van der Waals surface area contributed by atoms with Crippen LogP contribution in [0.5, 0.6) is 5.75 Å². The fourth-order valence-electron chi connectivity index (χ4n) is 1.45. The van der Waals surface area contributed by atoms with Gasteiger partial charge in [0.05, 0.1) is 4.47 Å². The van der Waals surface area contributed by atoms with E-state index in [1.165, 1.54) is 14.0 Å². The zero-order valence-electron chi connectivity index (χ0n) is 11.3. The predicted octanol–water partition coefficient (Wildman–Crippen LogP) is 2.80. The van der Waals surface area contributed by atoms with E-state index in [2.05, 4.69) is 15.9 Å². The zero-order valence-corrected chi connectivity index (χ0v) is 13.6. The van der Waals surface area contributed by atoms with Crippen molar-refractivity contribution in [2.24, 2.45) is 0 Å². The minimum atomic E-state index is -1.07. The van der Waals surface area contributed by atoms with Crippen LogP contribution < -0.4 is 4.74 Å². The monoisotopic (exact) mass is 363 g/mol. The molecule has 1 amide bonds. The average Bonchev–Trinajstić information content (AvgIpc) is 2.39. The molecule has 0 saturated heterocycles.